The van der Waals surface area contributed by atoms with Crippen molar-refractivity contribution in [2.45, 2.75) is 19.3 Å². The zero-order chi connectivity index (χ0) is 17.2. The Morgan fingerprint density at radius 3 is 2.80 bits per heavy atom. The smallest absolute Gasteiger partial charge is 0.231 e. The molecule has 4 rings (SSSR count). The van der Waals surface area contributed by atoms with E-state index in [1.807, 2.05) is 47.2 Å². The second-order valence-corrected chi connectivity index (χ2v) is 5.90. The van der Waals surface area contributed by atoms with Gasteiger partial charge in [-0.25, -0.2) is 9.67 Å². The predicted molar refractivity (Wildman–Crippen MR) is 96.6 cm³/mol. The summed E-state index contributed by atoms with van der Waals surface area (Å²) in [5.74, 6) is 0.265. The highest BCUT2D eigenvalue weighted by atomic mass is 16.1. The highest BCUT2D eigenvalue weighted by Crippen LogP contribution is 2.31. The largest absolute Gasteiger partial charge is 0.295 e. The van der Waals surface area contributed by atoms with Crippen molar-refractivity contribution >= 4 is 22.9 Å². The number of nitrogens with one attached hydrogen (secondary N) is 1. The number of aromatic nitrogens is 4. The van der Waals surface area contributed by atoms with E-state index >= 15 is 0 Å². The highest BCUT2D eigenvalue weighted by Gasteiger charge is 2.20. The van der Waals surface area contributed by atoms with Gasteiger partial charge in [0.15, 0.2) is 5.65 Å². The van der Waals surface area contributed by atoms with Crippen molar-refractivity contribution in [1.82, 2.24) is 19.7 Å². The van der Waals surface area contributed by atoms with Crippen LogP contribution in [0.25, 0.3) is 16.7 Å². The number of hydrogen-bond donors (Lipinski definition) is 1. The maximum absolute atomic E-state index is 11.3. The predicted octanol–water partition coefficient (Wildman–Crippen LogP) is 3.37. The van der Waals surface area contributed by atoms with Gasteiger partial charge in [-0.2, -0.15) is 10.1 Å². The molecule has 2 aromatic heterocycles. The summed E-state index contributed by atoms with van der Waals surface area (Å²) in [7, 11) is 0. The molecular weight excluding hydrogens is 314 g/mol. The van der Waals surface area contributed by atoms with E-state index in [0.717, 1.165) is 23.2 Å². The van der Waals surface area contributed by atoms with E-state index in [2.05, 4.69) is 27.4 Å². The fourth-order valence-electron chi connectivity index (χ4n) is 2.95. The third-order valence-electron chi connectivity index (χ3n) is 4.07. The van der Waals surface area contributed by atoms with Crippen LogP contribution >= 0.6 is 0 Å². The third-order valence-corrected chi connectivity index (χ3v) is 4.07. The molecule has 1 N–H and O–H groups in total. The molecule has 1 unspecified atom stereocenters. The molecule has 0 saturated carbocycles. The molecule has 0 spiro atoms. The van der Waals surface area contributed by atoms with Gasteiger partial charge in [-0.3, -0.25) is 10.1 Å². The Morgan fingerprint density at radius 1 is 1.24 bits per heavy atom. The normalized spacial score (nSPS) is 16.3. The van der Waals surface area contributed by atoms with Crippen molar-refractivity contribution in [1.29, 1.82) is 0 Å². The van der Waals surface area contributed by atoms with Gasteiger partial charge in [0.05, 0.1) is 16.8 Å². The molecule has 6 heteroatoms. The molecule has 1 aliphatic rings. The van der Waals surface area contributed by atoms with Gasteiger partial charge in [0.25, 0.3) is 0 Å². The van der Waals surface area contributed by atoms with Crippen LogP contribution in [0.4, 0.5) is 5.95 Å². The van der Waals surface area contributed by atoms with Gasteiger partial charge in [0.1, 0.15) is 0 Å². The molecule has 1 atom stereocenters. The van der Waals surface area contributed by atoms with E-state index in [4.69, 9.17) is 5.10 Å². The first kappa shape index (κ1) is 15.3. The minimum atomic E-state index is -0.203. The number of para-hydroxylation sites is 1. The van der Waals surface area contributed by atoms with Crippen molar-refractivity contribution in [2.75, 3.05) is 5.32 Å². The average Bonchev–Trinajstić information content (AvgIpc) is 3.01. The summed E-state index contributed by atoms with van der Waals surface area (Å²) in [5.41, 5.74) is 2.54. The Morgan fingerprint density at radius 2 is 2.08 bits per heavy atom. The van der Waals surface area contributed by atoms with E-state index < -0.39 is 0 Å². The zero-order valence-electron chi connectivity index (χ0n) is 13.8. The van der Waals surface area contributed by atoms with E-state index in [0.29, 0.717) is 5.65 Å². The van der Waals surface area contributed by atoms with Gasteiger partial charge >= 0.3 is 0 Å². The van der Waals surface area contributed by atoms with Crippen molar-refractivity contribution < 1.29 is 4.79 Å². The second kappa shape index (κ2) is 6.32. The first-order valence-electron chi connectivity index (χ1n) is 8.14. The Balaban J connectivity index is 1.90. The molecule has 0 fully saturated rings. The standard InChI is InChI=1S/C19H17N5O/c1-13(25)21-19-20-12-16-17(14-8-4-2-5-9-14)23-24(18(16)22-19)15-10-6-3-7-11-15/h2-8,10-12,14H,9H2,1H3,(H,20,21,22,25). The Kier molecular flexibility index (Phi) is 3.85. The molecule has 3 aromatic rings. The number of nitrogens with zero attached hydrogens (tertiary/aromatic N) is 4. The fraction of sp³-hybridized carbons (Fsp3) is 0.158. The molecule has 0 bridgehead atoms. The molecule has 124 valence electrons. The van der Waals surface area contributed by atoms with Crippen LogP contribution in [0.5, 0.6) is 0 Å². The summed E-state index contributed by atoms with van der Waals surface area (Å²) in [6.07, 6.45) is 11.0. The number of benzene rings is 1. The monoisotopic (exact) mass is 331 g/mol. The van der Waals surface area contributed by atoms with Crippen LogP contribution in [0.3, 0.4) is 0 Å². The lowest BCUT2D eigenvalue weighted by Crippen LogP contribution is -2.09. The molecule has 1 aliphatic carbocycles. The fourth-order valence-corrected chi connectivity index (χ4v) is 2.95. The van der Waals surface area contributed by atoms with Crippen LogP contribution in [0.1, 0.15) is 25.0 Å². The van der Waals surface area contributed by atoms with Gasteiger partial charge in [-0.05, 0) is 18.6 Å². The number of hydrogen-bond acceptors (Lipinski definition) is 4. The highest BCUT2D eigenvalue weighted by molar-refractivity contribution is 5.88. The molecule has 1 aromatic carbocycles. The number of fused-ring (bicyclic) bond motifs is 1. The lowest BCUT2D eigenvalue weighted by molar-refractivity contribution is -0.114. The van der Waals surface area contributed by atoms with E-state index in [9.17, 15) is 4.79 Å². The second-order valence-electron chi connectivity index (χ2n) is 5.90. The van der Waals surface area contributed by atoms with Gasteiger partial charge in [-0.1, -0.05) is 42.5 Å². The van der Waals surface area contributed by atoms with E-state index in [-0.39, 0.29) is 17.8 Å². The van der Waals surface area contributed by atoms with Gasteiger partial charge in [-0.15, -0.1) is 0 Å². The Bertz CT molecular complexity index is 988. The third kappa shape index (κ3) is 2.94. The van der Waals surface area contributed by atoms with Crippen LogP contribution in [0.15, 0.2) is 60.8 Å². The Hall–Kier alpha value is -3.28. The molecule has 0 aliphatic heterocycles. The summed E-state index contributed by atoms with van der Waals surface area (Å²) >= 11 is 0. The summed E-state index contributed by atoms with van der Waals surface area (Å²) in [5, 5.41) is 8.35. The first-order chi connectivity index (χ1) is 12.2. The van der Waals surface area contributed by atoms with Crippen molar-refractivity contribution in [2.24, 2.45) is 0 Å². The maximum Gasteiger partial charge on any atom is 0.231 e. The van der Waals surface area contributed by atoms with Crippen LogP contribution in [-0.4, -0.2) is 25.7 Å². The molecular formula is C19H17N5O. The van der Waals surface area contributed by atoms with Gasteiger partial charge < -0.3 is 0 Å². The molecule has 25 heavy (non-hydrogen) atoms. The lowest BCUT2D eigenvalue weighted by Gasteiger charge is -2.10. The molecule has 0 radical (unpaired) electrons. The number of carbonyl (C=O) groups is 1. The van der Waals surface area contributed by atoms with Crippen molar-refractivity contribution in [3.8, 4) is 5.69 Å². The summed E-state index contributed by atoms with van der Waals surface area (Å²) in [6, 6.07) is 9.84. The maximum atomic E-state index is 11.3. The number of amides is 1. The zero-order valence-corrected chi connectivity index (χ0v) is 13.8. The number of anilines is 1. The van der Waals surface area contributed by atoms with Crippen molar-refractivity contribution in [3.63, 3.8) is 0 Å². The quantitative estimate of drug-likeness (QED) is 0.798. The van der Waals surface area contributed by atoms with Gasteiger partial charge in [0.2, 0.25) is 11.9 Å². The molecule has 2 heterocycles. The van der Waals surface area contributed by atoms with Gasteiger partial charge in [0, 0.05) is 19.0 Å². The Labute approximate surface area is 144 Å². The first-order valence-corrected chi connectivity index (χ1v) is 8.14. The minimum Gasteiger partial charge on any atom is -0.295 e. The van der Waals surface area contributed by atoms with E-state index in [1.54, 1.807) is 6.20 Å². The van der Waals surface area contributed by atoms with E-state index in [1.165, 1.54) is 6.92 Å². The van der Waals surface area contributed by atoms with Crippen LogP contribution < -0.4 is 5.32 Å². The molecule has 1 amide bonds. The lowest BCUT2D eigenvalue weighted by atomic mass is 9.96. The summed E-state index contributed by atoms with van der Waals surface area (Å²) in [6.45, 7) is 1.44. The summed E-state index contributed by atoms with van der Waals surface area (Å²) in [4.78, 5) is 20.1. The van der Waals surface area contributed by atoms with Crippen LogP contribution in [0.2, 0.25) is 0 Å². The number of rotatable bonds is 3. The molecule has 0 saturated heterocycles. The summed E-state index contributed by atoms with van der Waals surface area (Å²) < 4.78 is 1.81. The molecule has 6 nitrogen and oxygen atoms in total. The average molecular weight is 331 g/mol. The number of carbonyl (C=O) groups excluding carboxylic acids is 1. The van der Waals surface area contributed by atoms with Crippen LogP contribution in [-0.2, 0) is 4.79 Å². The number of allylic oxidation sites excluding steroid dienone is 4. The minimum absolute atomic E-state index is 0.188. The SMILES string of the molecule is CC(=O)Nc1ncc2c(C3C=CC=CC3)nn(-c3ccccc3)c2n1. The topological polar surface area (TPSA) is 72.7 Å². The van der Waals surface area contributed by atoms with Crippen molar-refractivity contribution in [3.05, 3.63) is 66.5 Å². The van der Waals surface area contributed by atoms with Crippen LogP contribution in [0, 0.1) is 0 Å².